The van der Waals surface area contributed by atoms with E-state index in [9.17, 15) is 0 Å². The van der Waals surface area contributed by atoms with E-state index in [4.69, 9.17) is 17.0 Å². The van der Waals surface area contributed by atoms with Gasteiger partial charge in [-0.3, -0.25) is 0 Å². The molecular formula is C17H28N3OS+. The maximum absolute atomic E-state index is 5.60. The first-order chi connectivity index (χ1) is 10.7. The van der Waals surface area contributed by atoms with E-state index >= 15 is 0 Å². The van der Waals surface area contributed by atoms with E-state index in [1.54, 1.807) is 4.90 Å². The maximum atomic E-state index is 5.60. The molecule has 122 valence electrons. The average Bonchev–Trinajstić information content (AvgIpc) is 2.54. The largest absolute Gasteiger partial charge is 0.370 e. The van der Waals surface area contributed by atoms with Gasteiger partial charge in [-0.15, -0.1) is 0 Å². The van der Waals surface area contributed by atoms with Crippen LogP contribution in [-0.2, 0) is 11.3 Å². The molecule has 0 saturated carbocycles. The summed E-state index contributed by atoms with van der Waals surface area (Å²) in [5.74, 6) is 0. The number of rotatable bonds is 6. The number of quaternary nitrogens is 1. The number of hydrogen-bond acceptors (Lipinski definition) is 2. The molecule has 0 bridgehead atoms. The minimum absolute atomic E-state index is 0.385. The monoisotopic (exact) mass is 322 g/mol. The molecule has 5 heteroatoms. The highest BCUT2D eigenvalue weighted by atomic mass is 32.1. The predicted octanol–water partition coefficient (Wildman–Crippen LogP) is 0.687. The first kappa shape index (κ1) is 17.2. The van der Waals surface area contributed by atoms with Crippen molar-refractivity contribution in [1.29, 1.82) is 0 Å². The van der Waals surface area contributed by atoms with E-state index < -0.39 is 0 Å². The molecule has 1 fully saturated rings. The summed E-state index contributed by atoms with van der Waals surface area (Å²) in [5.41, 5.74) is 1.29. The van der Waals surface area contributed by atoms with Gasteiger partial charge in [0.2, 0.25) is 0 Å². The normalized spacial score (nSPS) is 15.8. The molecule has 0 amide bonds. The van der Waals surface area contributed by atoms with Gasteiger partial charge in [-0.2, -0.15) is 0 Å². The Morgan fingerprint density at radius 2 is 1.95 bits per heavy atom. The molecule has 0 atom stereocenters. The van der Waals surface area contributed by atoms with Crippen LogP contribution in [0.1, 0.15) is 19.4 Å². The zero-order valence-electron chi connectivity index (χ0n) is 13.7. The van der Waals surface area contributed by atoms with Crippen LogP contribution in [0.25, 0.3) is 0 Å². The number of nitrogens with zero attached hydrogens (tertiary/aromatic N) is 1. The number of hydrogen-bond donors (Lipinski definition) is 2. The lowest BCUT2D eigenvalue weighted by atomic mass is 10.2. The van der Waals surface area contributed by atoms with Gasteiger partial charge in [0.1, 0.15) is 13.1 Å². The third-order valence-corrected chi connectivity index (χ3v) is 4.41. The highest BCUT2D eigenvalue weighted by Gasteiger charge is 2.16. The number of ether oxygens (including phenoxy) is 1. The fourth-order valence-electron chi connectivity index (χ4n) is 2.63. The van der Waals surface area contributed by atoms with Crippen LogP contribution in [-0.4, -0.2) is 55.4 Å². The summed E-state index contributed by atoms with van der Waals surface area (Å²) in [6.45, 7) is 11.2. The van der Waals surface area contributed by atoms with Crippen molar-refractivity contribution in [3.63, 3.8) is 0 Å². The highest BCUT2D eigenvalue weighted by Crippen LogP contribution is 2.08. The molecular weight excluding hydrogens is 294 g/mol. The maximum Gasteiger partial charge on any atom is 0.169 e. The molecule has 0 spiro atoms. The van der Waals surface area contributed by atoms with Gasteiger partial charge < -0.3 is 19.9 Å². The van der Waals surface area contributed by atoms with Crippen LogP contribution in [0.3, 0.4) is 0 Å². The van der Waals surface area contributed by atoms with Gasteiger partial charge in [0.15, 0.2) is 5.11 Å². The van der Waals surface area contributed by atoms with Crippen LogP contribution in [0, 0.1) is 0 Å². The molecule has 1 aromatic carbocycles. The molecule has 1 aliphatic heterocycles. The van der Waals surface area contributed by atoms with Gasteiger partial charge in [0.05, 0.1) is 26.3 Å². The lowest BCUT2D eigenvalue weighted by molar-refractivity contribution is -0.906. The molecule has 2 N–H and O–H groups in total. The van der Waals surface area contributed by atoms with Gasteiger partial charge >= 0.3 is 0 Å². The van der Waals surface area contributed by atoms with Crippen molar-refractivity contribution >= 4 is 17.3 Å². The highest BCUT2D eigenvalue weighted by molar-refractivity contribution is 7.80. The minimum atomic E-state index is 0.385. The predicted molar refractivity (Wildman–Crippen MR) is 94.1 cm³/mol. The molecule has 0 aromatic heterocycles. The van der Waals surface area contributed by atoms with Gasteiger partial charge in [0, 0.05) is 12.6 Å². The van der Waals surface area contributed by atoms with Crippen LogP contribution < -0.4 is 10.2 Å². The Bertz CT molecular complexity index is 446. The number of morpholine rings is 1. The molecule has 2 rings (SSSR count). The second kappa shape index (κ2) is 9.08. The Morgan fingerprint density at radius 1 is 1.27 bits per heavy atom. The smallest absolute Gasteiger partial charge is 0.169 e. The molecule has 1 saturated heterocycles. The van der Waals surface area contributed by atoms with Crippen LogP contribution in [0.2, 0.25) is 0 Å². The summed E-state index contributed by atoms with van der Waals surface area (Å²) >= 11 is 5.60. The van der Waals surface area contributed by atoms with Crippen molar-refractivity contribution in [2.75, 3.05) is 39.4 Å². The van der Waals surface area contributed by atoms with Crippen molar-refractivity contribution in [3.05, 3.63) is 35.9 Å². The standard InChI is InChI=1S/C17H27N3OS/c1-15(2)20(14-16-6-4-3-5-7-16)17(22)18-8-9-19-10-12-21-13-11-19/h3-7,15H,8-14H2,1-2H3,(H,18,22)/p+1. The number of thiocarbonyl (C=S) groups is 1. The molecule has 1 aromatic rings. The molecule has 22 heavy (non-hydrogen) atoms. The Labute approximate surface area is 139 Å². The average molecular weight is 322 g/mol. The topological polar surface area (TPSA) is 28.9 Å². The van der Waals surface area contributed by atoms with Crippen molar-refractivity contribution in [1.82, 2.24) is 10.2 Å². The molecule has 0 unspecified atom stereocenters. The Balaban J connectivity index is 1.79. The van der Waals surface area contributed by atoms with Crippen molar-refractivity contribution in [3.8, 4) is 0 Å². The third kappa shape index (κ3) is 5.55. The summed E-state index contributed by atoms with van der Waals surface area (Å²) in [4.78, 5) is 3.85. The minimum Gasteiger partial charge on any atom is -0.370 e. The lowest BCUT2D eigenvalue weighted by Crippen LogP contribution is -3.14. The third-order valence-electron chi connectivity index (χ3n) is 4.03. The summed E-state index contributed by atoms with van der Waals surface area (Å²) in [7, 11) is 0. The van der Waals surface area contributed by atoms with E-state index in [1.807, 2.05) is 6.07 Å². The van der Waals surface area contributed by atoms with Crippen LogP contribution in [0.5, 0.6) is 0 Å². The van der Waals surface area contributed by atoms with Crippen molar-refractivity contribution in [2.24, 2.45) is 0 Å². The fraction of sp³-hybridized carbons (Fsp3) is 0.588. The first-order valence-electron chi connectivity index (χ1n) is 8.16. The second-order valence-electron chi connectivity index (χ2n) is 6.05. The summed E-state index contributed by atoms with van der Waals surface area (Å²) in [6.07, 6.45) is 0. The van der Waals surface area contributed by atoms with E-state index in [0.717, 1.165) is 51.0 Å². The van der Waals surface area contributed by atoms with Gasteiger partial charge in [-0.1, -0.05) is 30.3 Å². The fourth-order valence-corrected chi connectivity index (χ4v) is 3.00. The number of benzene rings is 1. The van der Waals surface area contributed by atoms with Gasteiger partial charge in [-0.05, 0) is 31.6 Å². The van der Waals surface area contributed by atoms with Gasteiger partial charge in [-0.25, -0.2) is 0 Å². The molecule has 0 radical (unpaired) electrons. The van der Waals surface area contributed by atoms with Crippen molar-refractivity contribution in [2.45, 2.75) is 26.4 Å². The van der Waals surface area contributed by atoms with Gasteiger partial charge in [0.25, 0.3) is 0 Å². The van der Waals surface area contributed by atoms with Crippen LogP contribution >= 0.6 is 12.2 Å². The van der Waals surface area contributed by atoms with Crippen LogP contribution in [0.4, 0.5) is 0 Å². The molecule has 1 heterocycles. The number of nitrogens with one attached hydrogen (secondary N) is 2. The van der Waals surface area contributed by atoms with Crippen LogP contribution in [0.15, 0.2) is 30.3 Å². The Kier molecular flexibility index (Phi) is 7.09. The van der Waals surface area contributed by atoms with E-state index in [0.29, 0.717) is 6.04 Å². The first-order valence-corrected chi connectivity index (χ1v) is 8.57. The molecule has 4 nitrogen and oxygen atoms in total. The summed E-state index contributed by atoms with van der Waals surface area (Å²) in [6, 6.07) is 10.9. The SMILES string of the molecule is CC(C)N(Cc1ccccc1)C(=S)NCC[NH+]1CCOCC1. The Morgan fingerprint density at radius 3 is 2.59 bits per heavy atom. The van der Waals surface area contributed by atoms with E-state index in [2.05, 4.69) is 48.3 Å². The molecule has 0 aliphatic carbocycles. The molecule has 1 aliphatic rings. The Hall–Kier alpha value is -1.17. The zero-order chi connectivity index (χ0) is 15.8. The van der Waals surface area contributed by atoms with E-state index in [-0.39, 0.29) is 0 Å². The quantitative estimate of drug-likeness (QED) is 0.754. The zero-order valence-corrected chi connectivity index (χ0v) is 14.5. The summed E-state index contributed by atoms with van der Waals surface area (Å²) in [5, 5.41) is 4.28. The summed E-state index contributed by atoms with van der Waals surface area (Å²) < 4.78 is 5.39. The second-order valence-corrected chi connectivity index (χ2v) is 6.44. The lowest BCUT2D eigenvalue weighted by Gasteiger charge is -2.30. The van der Waals surface area contributed by atoms with Crippen molar-refractivity contribution < 1.29 is 9.64 Å². The van der Waals surface area contributed by atoms with E-state index in [1.165, 1.54) is 5.56 Å².